The quantitative estimate of drug-likeness (QED) is 0.239. The summed E-state index contributed by atoms with van der Waals surface area (Å²) in [5, 5.41) is 18.3. The molecule has 5 rings (SSSR count). The molecule has 0 aromatic heterocycles. The SMILES string of the molecule is CC1(C)[C@@H]2[C@@H](C(=O)NC(C(=O)C(N)=O)C3CC3)N(C(=O)[C@@H](NC(=O)NC3(C(=O)O)CCCCC3)C3CCCCC3)C[C@@H]21. The van der Waals surface area contributed by atoms with Crippen LogP contribution in [0.1, 0.15) is 90.9 Å². The van der Waals surface area contributed by atoms with Crippen molar-refractivity contribution < 1.29 is 33.9 Å². The lowest BCUT2D eigenvalue weighted by atomic mass is 9.81. The predicted octanol–water partition coefficient (Wildman–Crippen LogP) is 1.45. The van der Waals surface area contributed by atoms with Crippen molar-refractivity contribution in [3.05, 3.63) is 0 Å². The van der Waals surface area contributed by atoms with Gasteiger partial charge < -0.3 is 31.7 Å². The Bertz CT molecular complexity index is 1140. The number of nitrogens with one attached hydrogen (secondary N) is 3. The van der Waals surface area contributed by atoms with Crippen LogP contribution in [0.25, 0.3) is 0 Å². The molecule has 4 aliphatic carbocycles. The molecular weight excluding hydrogens is 542 g/mol. The Morgan fingerprint density at radius 2 is 1.43 bits per heavy atom. The number of hydrogen-bond donors (Lipinski definition) is 5. The molecule has 0 radical (unpaired) electrons. The van der Waals surface area contributed by atoms with Crippen LogP contribution < -0.4 is 21.7 Å². The number of carboxylic acid groups (broad SMARTS) is 1. The Morgan fingerprint density at radius 1 is 0.833 bits per heavy atom. The van der Waals surface area contributed by atoms with Gasteiger partial charge in [0.1, 0.15) is 23.7 Å². The molecule has 5 fully saturated rings. The first kappa shape index (κ1) is 30.3. The molecule has 1 aliphatic heterocycles. The average Bonchev–Trinajstić information content (AvgIpc) is 3.83. The summed E-state index contributed by atoms with van der Waals surface area (Å²) in [6, 6.07) is -3.45. The summed E-state index contributed by atoms with van der Waals surface area (Å²) in [4.78, 5) is 79.3. The minimum atomic E-state index is -1.37. The van der Waals surface area contributed by atoms with Gasteiger partial charge in [0.15, 0.2) is 0 Å². The maximum atomic E-state index is 14.3. The van der Waals surface area contributed by atoms with Gasteiger partial charge >= 0.3 is 12.0 Å². The third-order valence-corrected chi connectivity index (χ3v) is 10.8. The predicted molar refractivity (Wildman–Crippen MR) is 151 cm³/mol. The zero-order valence-corrected chi connectivity index (χ0v) is 24.7. The van der Waals surface area contributed by atoms with Gasteiger partial charge in [-0.25, -0.2) is 9.59 Å². The number of carboxylic acids is 1. The van der Waals surface area contributed by atoms with Crippen LogP contribution in [0.2, 0.25) is 0 Å². The number of fused-ring (bicyclic) bond motifs is 1. The van der Waals surface area contributed by atoms with Gasteiger partial charge in [-0.15, -0.1) is 0 Å². The number of nitrogens with two attached hydrogens (primary N) is 1. The molecular formula is C30H45N5O7. The molecule has 0 bridgehead atoms. The van der Waals surface area contributed by atoms with Gasteiger partial charge in [0, 0.05) is 6.54 Å². The fraction of sp³-hybridized carbons (Fsp3) is 0.800. The Hall–Kier alpha value is -3.18. The van der Waals surface area contributed by atoms with Crippen molar-refractivity contribution >= 4 is 35.5 Å². The van der Waals surface area contributed by atoms with E-state index < -0.39 is 53.3 Å². The maximum Gasteiger partial charge on any atom is 0.329 e. The van der Waals surface area contributed by atoms with E-state index in [9.17, 15) is 33.9 Å². The Balaban J connectivity index is 1.36. The molecule has 1 saturated heterocycles. The minimum Gasteiger partial charge on any atom is -0.480 e. The van der Waals surface area contributed by atoms with Gasteiger partial charge in [-0.1, -0.05) is 52.4 Å². The number of hydrogen-bond acceptors (Lipinski definition) is 6. The van der Waals surface area contributed by atoms with E-state index in [1.54, 1.807) is 4.90 Å². The molecule has 0 aromatic rings. The average molecular weight is 588 g/mol. The fourth-order valence-electron chi connectivity index (χ4n) is 8.00. The van der Waals surface area contributed by atoms with Crippen LogP contribution in [0.3, 0.4) is 0 Å². The summed E-state index contributed by atoms with van der Waals surface area (Å²) in [6.07, 6.45) is 8.70. The van der Waals surface area contributed by atoms with Gasteiger partial charge in [0.05, 0.1) is 0 Å². The number of ketones is 1. The maximum absolute atomic E-state index is 14.3. The van der Waals surface area contributed by atoms with Crippen LogP contribution in [-0.4, -0.2) is 75.7 Å². The van der Waals surface area contributed by atoms with E-state index in [1.807, 2.05) is 0 Å². The van der Waals surface area contributed by atoms with Gasteiger partial charge in [0.25, 0.3) is 5.91 Å². The molecule has 1 unspecified atom stereocenters. The number of likely N-dealkylation sites (tertiary alicyclic amines) is 1. The molecule has 0 aromatic carbocycles. The van der Waals surface area contributed by atoms with E-state index in [-0.39, 0.29) is 35.0 Å². The summed E-state index contributed by atoms with van der Waals surface area (Å²) in [5.74, 6) is -4.18. The largest absolute Gasteiger partial charge is 0.480 e. The van der Waals surface area contributed by atoms with Crippen molar-refractivity contribution in [3.63, 3.8) is 0 Å². The summed E-state index contributed by atoms with van der Waals surface area (Å²) in [5.41, 5.74) is 3.72. The van der Waals surface area contributed by atoms with E-state index in [1.165, 1.54) is 0 Å². The van der Waals surface area contributed by atoms with Gasteiger partial charge in [-0.05, 0) is 67.6 Å². The molecule has 0 spiro atoms. The van der Waals surface area contributed by atoms with Crippen LogP contribution in [0.5, 0.6) is 0 Å². The Labute approximate surface area is 246 Å². The van der Waals surface area contributed by atoms with E-state index >= 15 is 0 Å². The second-order valence-electron chi connectivity index (χ2n) is 13.9. The van der Waals surface area contributed by atoms with Gasteiger partial charge in [-0.2, -0.15) is 0 Å². The number of primary amides is 1. The number of piperidine rings is 1. The number of amides is 5. The third-order valence-electron chi connectivity index (χ3n) is 10.8. The summed E-state index contributed by atoms with van der Waals surface area (Å²) < 4.78 is 0. The molecule has 1 heterocycles. The van der Waals surface area contributed by atoms with Crippen LogP contribution in [0.15, 0.2) is 0 Å². The molecule has 42 heavy (non-hydrogen) atoms. The lowest BCUT2D eigenvalue weighted by Gasteiger charge is -2.38. The Morgan fingerprint density at radius 3 is 2.00 bits per heavy atom. The minimum absolute atomic E-state index is 0.0850. The first-order chi connectivity index (χ1) is 19.9. The highest BCUT2D eigenvalue weighted by molar-refractivity contribution is 6.38. The number of Topliss-reactive ketones (excluding diaryl/α,β-unsaturated/α-hetero) is 1. The fourth-order valence-corrected chi connectivity index (χ4v) is 8.00. The highest BCUT2D eigenvalue weighted by Crippen LogP contribution is 2.65. The molecule has 232 valence electrons. The smallest absolute Gasteiger partial charge is 0.329 e. The van der Waals surface area contributed by atoms with Gasteiger partial charge in [0.2, 0.25) is 17.6 Å². The number of rotatable bonds is 10. The molecule has 4 saturated carbocycles. The highest BCUT2D eigenvalue weighted by Gasteiger charge is 2.70. The molecule has 5 aliphatic rings. The van der Waals surface area contributed by atoms with Crippen LogP contribution in [0, 0.1) is 29.1 Å². The topological polar surface area (TPSA) is 188 Å². The zero-order valence-electron chi connectivity index (χ0n) is 24.7. The zero-order chi connectivity index (χ0) is 30.4. The standard InChI is InChI=1S/C30H45N5O7/c1-29(2)18-15-35(22(19(18)29)25(38)32-20(17-11-12-17)23(36)24(31)37)26(39)21(16-9-5-3-6-10-16)33-28(42)34-30(27(40)41)13-7-4-8-14-30/h16-22H,3-15H2,1-2H3,(H2,31,37)(H,32,38)(H,40,41)(H2,33,34,42)/t18-,19-,20?,21-,22-/m0/s1. The van der Waals surface area contributed by atoms with Crippen LogP contribution in [-0.2, 0) is 24.0 Å². The van der Waals surface area contributed by atoms with Gasteiger partial charge in [-0.3, -0.25) is 19.2 Å². The molecule has 12 nitrogen and oxygen atoms in total. The summed E-state index contributed by atoms with van der Waals surface area (Å²) >= 11 is 0. The van der Waals surface area contributed by atoms with Crippen molar-refractivity contribution in [2.24, 2.45) is 34.8 Å². The van der Waals surface area contributed by atoms with Crippen LogP contribution >= 0.6 is 0 Å². The van der Waals surface area contributed by atoms with Crippen molar-refractivity contribution in [2.45, 2.75) is 115 Å². The lowest BCUT2D eigenvalue weighted by molar-refractivity contribution is -0.146. The van der Waals surface area contributed by atoms with Crippen molar-refractivity contribution in [3.8, 4) is 0 Å². The molecule has 12 heteroatoms. The summed E-state index contributed by atoms with van der Waals surface area (Å²) in [6.45, 7) is 4.45. The van der Waals surface area contributed by atoms with E-state index in [2.05, 4.69) is 29.8 Å². The number of urea groups is 1. The second-order valence-corrected chi connectivity index (χ2v) is 13.9. The summed E-state index contributed by atoms with van der Waals surface area (Å²) in [7, 11) is 0. The number of aliphatic carboxylic acids is 1. The van der Waals surface area contributed by atoms with Crippen molar-refractivity contribution in [1.82, 2.24) is 20.9 Å². The number of carbonyl (C=O) groups excluding carboxylic acids is 5. The first-order valence-electron chi connectivity index (χ1n) is 15.6. The third kappa shape index (κ3) is 5.73. The Kier molecular flexibility index (Phi) is 8.28. The highest BCUT2D eigenvalue weighted by atomic mass is 16.4. The normalized spacial score (nSPS) is 29.4. The monoisotopic (exact) mass is 587 g/mol. The molecule has 5 atom stereocenters. The van der Waals surface area contributed by atoms with Crippen molar-refractivity contribution in [2.75, 3.05) is 6.54 Å². The first-order valence-corrected chi connectivity index (χ1v) is 15.6. The van der Waals surface area contributed by atoms with Crippen LogP contribution in [0.4, 0.5) is 4.79 Å². The van der Waals surface area contributed by atoms with E-state index in [0.717, 1.165) is 38.5 Å². The second kappa shape index (κ2) is 11.5. The van der Waals surface area contributed by atoms with E-state index in [4.69, 9.17) is 5.73 Å². The van der Waals surface area contributed by atoms with E-state index in [0.29, 0.717) is 45.1 Å². The number of nitrogens with zero attached hydrogens (tertiary/aromatic N) is 1. The molecule has 6 N–H and O–H groups in total. The lowest BCUT2D eigenvalue weighted by Crippen LogP contribution is -2.63. The number of carbonyl (C=O) groups is 6. The molecule has 5 amide bonds. The van der Waals surface area contributed by atoms with Crippen molar-refractivity contribution in [1.29, 1.82) is 0 Å².